The second kappa shape index (κ2) is 8.15. The molecule has 0 radical (unpaired) electrons. The molecule has 5 heteroatoms. The van der Waals surface area contributed by atoms with Gasteiger partial charge in [0.1, 0.15) is 12.1 Å². The maximum Gasteiger partial charge on any atom is 0.323 e. The summed E-state index contributed by atoms with van der Waals surface area (Å²) >= 11 is 0. The molecule has 2 atom stereocenters. The van der Waals surface area contributed by atoms with Crippen molar-refractivity contribution in [3.63, 3.8) is 0 Å². The summed E-state index contributed by atoms with van der Waals surface area (Å²) in [5, 5.41) is 0. The molecular formula is C14H25NO4. The summed E-state index contributed by atoms with van der Waals surface area (Å²) in [5.41, 5.74) is 0. The second-order valence-corrected chi connectivity index (χ2v) is 4.70. The number of rotatable bonds is 7. The molecule has 0 amide bonds. The molecule has 1 fully saturated rings. The van der Waals surface area contributed by atoms with E-state index in [1.54, 1.807) is 13.8 Å². The third kappa shape index (κ3) is 4.20. The van der Waals surface area contributed by atoms with E-state index >= 15 is 0 Å². The first-order chi connectivity index (χ1) is 9.15. The minimum atomic E-state index is -0.291. The number of hydrogen-bond donors (Lipinski definition) is 0. The van der Waals surface area contributed by atoms with Gasteiger partial charge in [-0.15, -0.1) is 0 Å². The molecule has 1 saturated heterocycles. The highest BCUT2D eigenvalue weighted by Crippen LogP contribution is 2.26. The van der Waals surface area contributed by atoms with E-state index in [-0.39, 0.29) is 24.0 Å². The van der Waals surface area contributed by atoms with Gasteiger partial charge in [0.15, 0.2) is 0 Å². The van der Waals surface area contributed by atoms with Crippen LogP contribution in [0.5, 0.6) is 0 Å². The van der Waals surface area contributed by atoms with E-state index in [1.807, 2.05) is 4.90 Å². The van der Waals surface area contributed by atoms with Crippen LogP contribution in [0.4, 0.5) is 0 Å². The fourth-order valence-electron chi connectivity index (χ4n) is 2.50. The van der Waals surface area contributed by atoms with E-state index < -0.39 is 0 Å². The molecule has 0 N–H and O–H groups in total. The van der Waals surface area contributed by atoms with Crippen LogP contribution in [0.3, 0.4) is 0 Å². The Morgan fingerprint density at radius 1 is 1.00 bits per heavy atom. The van der Waals surface area contributed by atoms with Gasteiger partial charge in [-0.3, -0.25) is 14.5 Å². The molecule has 110 valence electrons. The summed E-state index contributed by atoms with van der Waals surface area (Å²) in [6.07, 6.45) is 3.34. The van der Waals surface area contributed by atoms with Crippen molar-refractivity contribution in [2.75, 3.05) is 19.8 Å². The molecule has 0 saturated carbocycles. The lowest BCUT2D eigenvalue weighted by atomic mass is 10.2. The second-order valence-electron chi connectivity index (χ2n) is 4.70. The number of likely N-dealkylation sites (tertiary alicyclic amines) is 1. The number of nitrogens with zero attached hydrogens (tertiary/aromatic N) is 1. The molecule has 0 aromatic heterocycles. The number of esters is 2. The van der Waals surface area contributed by atoms with Crippen LogP contribution in [0.15, 0.2) is 0 Å². The highest BCUT2D eigenvalue weighted by molar-refractivity contribution is 5.81. The number of ether oxygens (including phenoxy) is 2. The topological polar surface area (TPSA) is 55.8 Å². The SMILES string of the molecule is CCCCN1C(C(=O)OCC)CCC1C(=O)OCC. The summed E-state index contributed by atoms with van der Waals surface area (Å²) < 4.78 is 10.2. The average Bonchev–Trinajstić information content (AvgIpc) is 2.80. The Morgan fingerprint density at radius 2 is 1.47 bits per heavy atom. The maximum atomic E-state index is 11.9. The third-order valence-electron chi connectivity index (χ3n) is 3.40. The number of carbonyl (C=O) groups is 2. The van der Waals surface area contributed by atoms with Crippen molar-refractivity contribution in [1.82, 2.24) is 4.90 Å². The number of unbranched alkanes of at least 4 members (excludes halogenated alkanes) is 1. The summed E-state index contributed by atoms with van der Waals surface area (Å²) in [7, 11) is 0. The van der Waals surface area contributed by atoms with E-state index in [0.717, 1.165) is 19.4 Å². The Balaban J connectivity index is 2.72. The Hall–Kier alpha value is -1.10. The predicted molar refractivity (Wildman–Crippen MR) is 71.7 cm³/mol. The molecule has 1 aliphatic heterocycles. The average molecular weight is 271 g/mol. The smallest absolute Gasteiger partial charge is 0.323 e. The summed E-state index contributed by atoms with van der Waals surface area (Å²) in [4.78, 5) is 25.8. The standard InChI is InChI=1S/C14H25NO4/c1-4-7-10-15-11(13(16)18-5-2)8-9-12(15)14(17)19-6-3/h11-12H,4-10H2,1-3H3. The predicted octanol–water partition coefficient (Wildman–Crippen LogP) is 1.75. The quantitative estimate of drug-likeness (QED) is 0.660. The van der Waals surface area contributed by atoms with Crippen LogP contribution in [-0.2, 0) is 19.1 Å². The van der Waals surface area contributed by atoms with Gasteiger partial charge < -0.3 is 9.47 Å². The molecule has 0 bridgehead atoms. The molecule has 2 unspecified atom stereocenters. The largest absolute Gasteiger partial charge is 0.465 e. The van der Waals surface area contributed by atoms with Crippen molar-refractivity contribution < 1.29 is 19.1 Å². The molecule has 1 heterocycles. The Bertz CT molecular complexity index is 280. The van der Waals surface area contributed by atoms with Gasteiger partial charge in [-0.1, -0.05) is 13.3 Å². The van der Waals surface area contributed by atoms with Crippen LogP contribution in [0, 0.1) is 0 Å². The zero-order valence-corrected chi connectivity index (χ0v) is 12.2. The van der Waals surface area contributed by atoms with Crippen molar-refractivity contribution in [2.45, 2.75) is 58.5 Å². The number of hydrogen-bond acceptors (Lipinski definition) is 5. The lowest BCUT2D eigenvalue weighted by Gasteiger charge is -2.27. The van der Waals surface area contributed by atoms with Gasteiger partial charge in [-0.25, -0.2) is 0 Å². The zero-order chi connectivity index (χ0) is 14.3. The minimum Gasteiger partial charge on any atom is -0.465 e. The molecule has 0 aromatic rings. The first-order valence-electron chi connectivity index (χ1n) is 7.24. The van der Waals surface area contributed by atoms with Crippen molar-refractivity contribution in [3.05, 3.63) is 0 Å². The lowest BCUT2D eigenvalue weighted by Crippen LogP contribution is -2.45. The van der Waals surface area contributed by atoms with Crippen LogP contribution in [-0.4, -0.2) is 48.7 Å². The van der Waals surface area contributed by atoms with Crippen molar-refractivity contribution in [3.8, 4) is 0 Å². The van der Waals surface area contributed by atoms with E-state index in [2.05, 4.69) is 6.92 Å². The zero-order valence-electron chi connectivity index (χ0n) is 12.2. The van der Waals surface area contributed by atoms with Gasteiger partial charge in [0.25, 0.3) is 0 Å². The van der Waals surface area contributed by atoms with Gasteiger partial charge in [0.05, 0.1) is 13.2 Å². The summed E-state index contributed by atoms with van der Waals surface area (Å²) in [6.45, 7) is 7.18. The van der Waals surface area contributed by atoms with Gasteiger partial charge in [-0.05, 0) is 39.7 Å². The van der Waals surface area contributed by atoms with Crippen molar-refractivity contribution >= 4 is 11.9 Å². The molecule has 19 heavy (non-hydrogen) atoms. The molecule has 5 nitrogen and oxygen atoms in total. The first-order valence-corrected chi connectivity index (χ1v) is 7.24. The monoisotopic (exact) mass is 271 g/mol. The normalized spacial score (nSPS) is 23.3. The summed E-state index contributed by atoms with van der Waals surface area (Å²) in [5.74, 6) is -0.434. The number of carbonyl (C=O) groups excluding carboxylic acids is 2. The maximum absolute atomic E-state index is 11.9. The molecule has 1 aliphatic rings. The van der Waals surface area contributed by atoms with Crippen LogP contribution >= 0.6 is 0 Å². The molecular weight excluding hydrogens is 246 g/mol. The first kappa shape index (κ1) is 16.0. The minimum absolute atomic E-state index is 0.217. The highest BCUT2D eigenvalue weighted by atomic mass is 16.5. The fraction of sp³-hybridized carbons (Fsp3) is 0.857. The van der Waals surface area contributed by atoms with Gasteiger partial charge in [0.2, 0.25) is 0 Å². The van der Waals surface area contributed by atoms with Gasteiger partial charge in [0, 0.05) is 0 Å². The molecule has 0 aliphatic carbocycles. The van der Waals surface area contributed by atoms with E-state index in [4.69, 9.17) is 9.47 Å². The van der Waals surface area contributed by atoms with E-state index in [9.17, 15) is 9.59 Å². The lowest BCUT2D eigenvalue weighted by molar-refractivity contribution is -0.153. The van der Waals surface area contributed by atoms with Gasteiger partial charge in [-0.2, -0.15) is 0 Å². The highest BCUT2D eigenvalue weighted by Gasteiger charge is 2.42. The van der Waals surface area contributed by atoms with Gasteiger partial charge >= 0.3 is 11.9 Å². The van der Waals surface area contributed by atoms with E-state index in [0.29, 0.717) is 26.1 Å². The Labute approximate surface area is 115 Å². The van der Waals surface area contributed by atoms with Crippen LogP contribution in [0.25, 0.3) is 0 Å². The van der Waals surface area contributed by atoms with Crippen LogP contribution in [0.2, 0.25) is 0 Å². The summed E-state index contributed by atoms with van der Waals surface area (Å²) in [6, 6.07) is -0.582. The van der Waals surface area contributed by atoms with Crippen LogP contribution in [0.1, 0.15) is 46.5 Å². The van der Waals surface area contributed by atoms with Crippen LogP contribution < -0.4 is 0 Å². The Kier molecular flexibility index (Phi) is 6.84. The Morgan fingerprint density at radius 3 is 1.84 bits per heavy atom. The van der Waals surface area contributed by atoms with E-state index in [1.165, 1.54) is 0 Å². The molecule has 0 aromatic carbocycles. The molecule has 0 spiro atoms. The van der Waals surface area contributed by atoms with Crippen molar-refractivity contribution in [1.29, 1.82) is 0 Å². The third-order valence-corrected chi connectivity index (χ3v) is 3.40. The molecule has 1 rings (SSSR count). The fourth-order valence-corrected chi connectivity index (χ4v) is 2.50. The van der Waals surface area contributed by atoms with Crippen molar-refractivity contribution in [2.24, 2.45) is 0 Å².